The van der Waals surface area contributed by atoms with Crippen molar-refractivity contribution in [2.75, 3.05) is 13.1 Å². The molecule has 31 heavy (non-hydrogen) atoms. The van der Waals surface area contributed by atoms with Crippen LogP contribution in [0.2, 0.25) is 5.02 Å². The van der Waals surface area contributed by atoms with Crippen LogP contribution in [0.3, 0.4) is 0 Å². The minimum absolute atomic E-state index is 0.0184. The van der Waals surface area contributed by atoms with Crippen molar-refractivity contribution >= 4 is 34.3 Å². The second-order valence-corrected chi connectivity index (χ2v) is 9.12. The summed E-state index contributed by atoms with van der Waals surface area (Å²) in [6, 6.07) is 8.38. The van der Waals surface area contributed by atoms with Crippen molar-refractivity contribution in [1.29, 1.82) is 0 Å². The van der Waals surface area contributed by atoms with E-state index in [-0.39, 0.29) is 11.8 Å². The number of pyridine rings is 1. The number of aromatic nitrogens is 3. The molecule has 2 aliphatic rings. The lowest BCUT2D eigenvalue weighted by molar-refractivity contribution is -0.134. The molecule has 7 nitrogen and oxygen atoms in total. The Morgan fingerprint density at radius 1 is 1.10 bits per heavy atom. The Morgan fingerprint density at radius 3 is 2.55 bits per heavy atom. The number of nitrogens with zero attached hydrogens (tertiary/aromatic N) is 4. The van der Waals surface area contributed by atoms with Gasteiger partial charge in [0, 0.05) is 29.7 Å². The molecule has 2 amide bonds. The average molecular weight is 438 g/mol. The molecule has 1 saturated carbocycles. The second kappa shape index (κ2) is 7.64. The highest BCUT2D eigenvalue weighted by molar-refractivity contribution is 6.31. The maximum atomic E-state index is 12.7. The van der Waals surface area contributed by atoms with Crippen LogP contribution in [0.15, 0.2) is 42.7 Å². The molecule has 0 bridgehead atoms. The largest absolute Gasteiger partial charge is 0.341 e. The number of fused-ring (bicyclic) bond motifs is 1. The maximum Gasteiger partial charge on any atom is 0.253 e. The van der Waals surface area contributed by atoms with E-state index >= 15 is 0 Å². The molecule has 5 rings (SSSR count). The summed E-state index contributed by atoms with van der Waals surface area (Å²) in [4.78, 5) is 31.6. The van der Waals surface area contributed by atoms with E-state index in [1.807, 2.05) is 17.0 Å². The summed E-state index contributed by atoms with van der Waals surface area (Å²) in [6.07, 6.45) is 7.99. The van der Waals surface area contributed by atoms with Crippen LogP contribution >= 0.6 is 11.6 Å². The summed E-state index contributed by atoms with van der Waals surface area (Å²) in [6.45, 7) is 3.32. The van der Waals surface area contributed by atoms with Crippen molar-refractivity contribution in [3.8, 4) is 5.82 Å². The fourth-order valence-corrected chi connectivity index (χ4v) is 4.51. The number of hydrogen-bond acceptors (Lipinski definition) is 4. The van der Waals surface area contributed by atoms with Gasteiger partial charge in [-0.2, -0.15) is 5.10 Å². The van der Waals surface area contributed by atoms with E-state index in [2.05, 4.69) is 15.4 Å². The zero-order valence-electron chi connectivity index (χ0n) is 17.3. The van der Waals surface area contributed by atoms with E-state index in [9.17, 15) is 9.59 Å². The Bertz CT molecular complexity index is 1140. The predicted octanol–water partition coefficient (Wildman–Crippen LogP) is 3.59. The molecule has 1 aromatic carbocycles. The minimum Gasteiger partial charge on any atom is -0.341 e. The van der Waals surface area contributed by atoms with Crippen molar-refractivity contribution in [3.05, 3.63) is 53.3 Å². The maximum absolute atomic E-state index is 12.7. The Labute approximate surface area is 185 Å². The molecule has 1 saturated heterocycles. The van der Waals surface area contributed by atoms with E-state index < -0.39 is 6.04 Å². The number of likely N-dealkylation sites (tertiary alicyclic amines) is 1. The lowest BCUT2D eigenvalue weighted by Gasteiger charge is -2.33. The zero-order chi connectivity index (χ0) is 21.6. The number of halogens is 1. The number of carbonyl (C=O) groups excluding carboxylic acids is 2. The molecule has 3 heterocycles. The fourth-order valence-electron chi connectivity index (χ4n) is 4.33. The third kappa shape index (κ3) is 3.90. The van der Waals surface area contributed by atoms with Gasteiger partial charge in [0.25, 0.3) is 5.91 Å². The van der Waals surface area contributed by atoms with Crippen molar-refractivity contribution in [2.24, 2.45) is 5.41 Å². The molecule has 1 aliphatic carbocycles. The summed E-state index contributed by atoms with van der Waals surface area (Å²) in [5.41, 5.74) is 1.80. The van der Waals surface area contributed by atoms with Gasteiger partial charge in [0.05, 0.1) is 17.3 Å². The molecule has 1 aliphatic heterocycles. The van der Waals surface area contributed by atoms with Crippen LogP contribution in [0.1, 0.15) is 43.0 Å². The van der Waals surface area contributed by atoms with Gasteiger partial charge in [-0.25, -0.2) is 9.67 Å². The van der Waals surface area contributed by atoms with E-state index in [1.165, 1.54) is 19.0 Å². The highest BCUT2D eigenvalue weighted by Crippen LogP contribution is 2.53. The summed E-state index contributed by atoms with van der Waals surface area (Å²) < 4.78 is 1.70. The highest BCUT2D eigenvalue weighted by Gasteiger charge is 2.45. The van der Waals surface area contributed by atoms with Gasteiger partial charge in [-0.1, -0.05) is 11.6 Å². The first kappa shape index (κ1) is 20.0. The molecular weight excluding hydrogens is 414 g/mol. The Morgan fingerprint density at radius 2 is 1.87 bits per heavy atom. The highest BCUT2D eigenvalue weighted by atomic mass is 35.5. The van der Waals surface area contributed by atoms with Gasteiger partial charge in [0.2, 0.25) is 5.91 Å². The molecule has 1 spiro atoms. The first-order valence-electron chi connectivity index (χ1n) is 10.6. The summed E-state index contributed by atoms with van der Waals surface area (Å²) in [7, 11) is 0. The fraction of sp³-hybridized carbons (Fsp3) is 0.391. The normalized spacial score (nSPS) is 18.2. The van der Waals surface area contributed by atoms with Crippen molar-refractivity contribution in [1.82, 2.24) is 25.0 Å². The Balaban J connectivity index is 1.24. The lowest BCUT2D eigenvalue weighted by Crippen LogP contribution is -2.49. The topological polar surface area (TPSA) is 80.1 Å². The van der Waals surface area contributed by atoms with Gasteiger partial charge >= 0.3 is 0 Å². The zero-order valence-corrected chi connectivity index (χ0v) is 18.1. The van der Waals surface area contributed by atoms with Crippen LogP contribution in [0.5, 0.6) is 0 Å². The van der Waals surface area contributed by atoms with Gasteiger partial charge in [-0.3, -0.25) is 9.59 Å². The second-order valence-electron chi connectivity index (χ2n) is 8.69. The molecule has 0 radical (unpaired) electrons. The molecule has 3 aromatic rings. The van der Waals surface area contributed by atoms with Crippen LogP contribution in [0, 0.1) is 5.41 Å². The molecular formula is C23H24ClN5O2. The minimum atomic E-state index is -0.569. The van der Waals surface area contributed by atoms with Crippen LogP contribution in [-0.2, 0) is 4.79 Å². The van der Waals surface area contributed by atoms with Crippen LogP contribution in [-0.4, -0.2) is 50.6 Å². The number of rotatable bonds is 4. The van der Waals surface area contributed by atoms with E-state index in [1.54, 1.807) is 36.0 Å². The smallest absolute Gasteiger partial charge is 0.253 e. The number of nitrogens with one attached hydrogen (secondary N) is 1. The standard InChI is InChI=1S/C23H24ClN5O2/c1-15(22(31)28-10-8-23(6-7-23)9-11-28)27-21(30)16-2-5-20(25-13-16)29-19-4-3-18(24)12-17(19)14-26-29/h2-5,12-15H,6-11H2,1H3,(H,27,30)/t15-/m1/s1. The average Bonchev–Trinajstić information content (AvgIpc) is 3.40. The van der Waals surface area contributed by atoms with E-state index in [4.69, 9.17) is 11.6 Å². The van der Waals surface area contributed by atoms with E-state index in [0.717, 1.165) is 36.8 Å². The third-order valence-electron chi connectivity index (χ3n) is 6.57. The molecule has 0 unspecified atom stereocenters. The number of benzene rings is 1. The van der Waals surface area contributed by atoms with Gasteiger partial charge in [-0.05, 0) is 68.4 Å². The first-order chi connectivity index (χ1) is 14.9. The number of amides is 2. The third-order valence-corrected chi connectivity index (χ3v) is 6.80. The monoisotopic (exact) mass is 437 g/mol. The SMILES string of the molecule is C[C@@H](NC(=O)c1ccc(-n2ncc3cc(Cl)ccc32)nc1)C(=O)N1CCC2(CC1)CC2. The van der Waals surface area contributed by atoms with Crippen molar-refractivity contribution < 1.29 is 9.59 Å². The van der Waals surface area contributed by atoms with E-state index in [0.29, 0.717) is 21.8 Å². The number of hydrogen-bond donors (Lipinski definition) is 1. The van der Waals surface area contributed by atoms with Gasteiger partial charge in [0.1, 0.15) is 6.04 Å². The molecule has 2 aromatic heterocycles. The van der Waals surface area contributed by atoms with Crippen LogP contribution < -0.4 is 5.32 Å². The summed E-state index contributed by atoms with van der Waals surface area (Å²) in [5, 5.41) is 8.73. The van der Waals surface area contributed by atoms with Gasteiger partial charge in [-0.15, -0.1) is 0 Å². The molecule has 1 atom stereocenters. The van der Waals surface area contributed by atoms with Gasteiger partial charge in [0.15, 0.2) is 5.82 Å². The van der Waals surface area contributed by atoms with Crippen LogP contribution in [0.25, 0.3) is 16.7 Å². The Hall–Kier alpha value is -2.93. The number of piperidine rings is 1. The summed E-state index contributed by atoms with van der Waals surface area (Å²) >= 11 is 6.03. The Kier molecular flexibility index (Phi) is 4.93. The first-order valence-corrected chi connectivity index (χ1v) is 11.0. The van der Waals surface area contributed by atoms with Crippen molar-refractivity contribution in [3.63, 3.8) is 0 Å². The summed E-state index contributed by atoms with van der Waals surface area (Å²) in [5.74, 6) is 0.267. The van der Waals surface area contributed by atoms with Crippen molar-refractivity contribution in [2.45, 2.75) is 38.6 Å². The molecule has 1 N–H and O–H groups in total. The quantitative estimate of drug-likeness (QED) is 0.676. The molecule has 2 fully saturated rings. The number of carbonyl (C=O) groups is 2. The lowest BCUT2D eigenvalue weighted by atomic mass is 9.93. The van der Waals surface area contributed by atoms with Crippen LogP contribution in [0.4, 0.5) is 0 Å². The molecule has 8 heteroatoms. The van der Waals surface area contributed by atoms with Gasteiger partial charge < -0.3 is 10.2 Å². The predicted molar refractivity (Wildman–Crippen MR) is 118 cm³/mol. The molecule has 160 valence electrons.